The summed E-state index contributed by atoms with van der Waals surface area (Å²) in [5.74, 6) is -2.99. The molecule has 0 saturated carbocycles. The van der Waals surface area contributed by atoms with Crippen molar-refractivity contribution in [3.05, 3.63) is 59.4 Å². The van der Waals surface area contributed by atoms with E-state index in [0.717, 1.165) is 24.6 Å². The maximum Gasteiger partial charge on any atom is 0.161 e. The van der Waals surface area contributed by atoms with Gasteiger partial charge in [-0.2, -0.15) is 0 Å². The third-order valence-electron chi connectivity index (χ3n) is 3.49. The summed E-state index contributed by atoms with van der Waals surface area (Å²) in [6, 6.07) is 8.92. The number of hydrogen-bond acceptors (Lipinski definition) is 1. The number of rotatable bonds is 5. The summed E-state index contributed by atoms with van der Waals surface area (Å²) in [4.78, 5) is 0. The van der Waals surface area contributed by atoms with E-state index in [-0.39, 0.29) is 11.6 Å². The predicted molar refractivity (Wildman–Crippen MR) is 78.5 cm³/mol. The van der Waals surface area contributed by atoms with Crippen LogP contribution < -0.4 is 5.32 Å². The van der Waals surface area contributed by atoms with E-state index in [1.165, 1.54) is 0 Å². The van der Waals surface area contributed by atoms with E-state index in [1.54, 1.807) is 12.1 Å². The molecule has 1 unspecified atom stereocenters. The molecule has 1 atom stereocenters. The van der Waals surface area contributed by atoms with Gasteiger partial charge in [-0.05, 0) is 30.2 Å². The van der Waals surface area contributed by atoms with E-state index in [1.807, 2.05) is 19.1 Å². The average Bonchev–Trinajstić information content (AvgIpc) is 2.49. The Hall–Kier alpha value is -1.81. The molecule has 0 fully saturated rings. The molecular weight excluding hydrogens is 275 g/mol. The van der Waals surface area contributed by atoms with Crippen molar-refractivity contribution in [3.8, 4) is 11.1 Å². The van der Waals surface area contributed by atoms with Gasteiger partial charge in [-0.3, -0.25) is 0 Å². The van der Waals surface area contributed by atoms with Crippen molar-refractivity contribution in [3.63, 3.8) is 0 Å². The molecule has 21 heavy (non-hydrogen) atoms. The largest absolute Gasteiger partial charge is 0.310 e. The molecule has 0 aliphatic rings. The first-order valence-electron chi connectivity index (χ1n) is 7.05. The molecule has 0 aromatic heterocycles. The normalized spacial score (nSPS) is 12.4. The predicted octanol–water partition coefficient (Wildman–Crippen LogP) is 4.83. The minimum absolute atomic E-state index is 0.0666. The lowest BCUT2D eigenvalue weighted by Crippen LogP contribution is -2.19. The highest BCUT2D eigenvalue weighted by atomic mass is 19.2. The zero-order valence-corrected chi connectivity index (χ0v) is 12.1. The second-order valence-electron chi connectivity index (χ2n) is 4.89. The van der Waals surface area contributed by atoms with E-state index in [4.69, 9.17) is 0 Å². The van der Waals surface area contributed by atoms with Crippen molar-refractivity contribution in [2.24, 2.45) is 0 Å². The Morgan fingerprint density at radius 2 is 1.52 bits per heavy atom. The van der Waals surface area contributed by atoms with E-state index < -0.39 is 17.5 Å². The number of nitrogens with one attached hydrogen (secondary N) is 1. The first-order chi connectivity index (χ1) is 10.1. The summed E-state index contributed by atoms with van der Waals surface area (Å²) in [6.45, 7) is 4.97. The van der Waals surface area contributed by atoms with Crippen molar-refractivity contribution < 1.29 is 13.2 Å². The van der Waals surface area contributed by atoms with Gasteiger partial charge in [0.2, 0.25) is 0 Å². The Kier molecular flexibility index (Phi) is 5.02. The van der Waals surface area contributed by atoms with Crippen molar-refractivity contribution in [1.82, 2.24) is 5.32 Å². The van der Waals surface area contributed by atoms with Crippen molar-refractivity contribution in [1.29, 1.82) is 0 Å². The molecule has 0 bridgehead atoms. The van der Waals surface area contributed by atoms with Crippen LogP contribution >= 0.6 is 0 Å². The number of hydrogen-bond donors (Lipinski definition) is 1. The van der Waals surface area contributed by atoms with Gasteiger partial charge in [-0.25, -0.2) is 13.2 Å². The smallest absolute Gasteiger partial charge is 0.161 e. The van der Waals surface area contributed by atoms with Crippen molar-refractivity contribution in [2.75, 3.05) is 6.54 Å². The lowest BCUT2D eigenvalue weighted by molar-refractivity contribution is 0.496. The van der Waals surface area contributed by atoms with Crippen LogP contribution in [0, 0.1) is 17.5 Å². The highest BCUT2D eigenvalue weighted by Crippen LogP contribution is 2.27. The van der Waals surface area contributed by atoms with Crippen molar-refractivity contribution >= 4 is 0 Å². The SMILES string of the molecule is CCNC(CC)c1ccc(-c2cc(F)c(F)cc2F)cc1. The van der Waals surface area contributed by atoms with E-state index in [9.17, 15) is 13.2 Å². The van der Waals surface area contributed by atoms with E-state index >= 15 is 0 Å². The van der Waals surface area contributed by atoms with Crippen LogP contribution in [0.4, 0.5) is 13.2 Å². The summed E-state index contributed by atoms with van der Waals surface area (Å²) in [5, 5.41) is 3.35. The molecule has 0 spiro atoms. The standard InChI is InChI=1S/C17H18F3N/c1-3-17(21-4-2)12-7-5-11(6-8-12)13-9-15(19)16(20)10-14(13)18/h5-10,17,21H,3-4H2,1-2H3. The fourth-order valence-corrected chi connectivity index (χ4v) is 2.38. The van der Waals surface area contributed by atoms with Crippen LogP contribution in [0.1, 0.15) is 31.9 Å². The zero-order chi connectivity index (χ0) is 15.4. The quantitative estimate of drug-likeness (QED) is 0.778. The summed E-state index contributed by atoms with van der Waals surface area (Å²) < 4.78 is 40.0. The van der Waals surface area contributed by atoms with E-state index in [2.05, 4.69) is 12.2 Å². The third kappa shape index (κ3) is 3.45. The summed E-state index contributed by atoms with van der Waals surface area (Å²) in [7, 11) is 0. The Labute approximate surface area is 122 Å². The van der Waals surface area contributed by atoms with Crippen LogP contribution in [0.3, 0.4) is 0 Å². The van der Waals surface area contributed by atoms with Crippen LogP contribution in [0.5, 0.6) is 0 Å². The van der Waals surface area contributed by atoms with Crippen LogP contribution in [0.25, 0.3) is 11.1 Å². The molecule has 0 heterocycles. The van der Waals surface area contributed by atoms with E-state index in [0.29, 0.717) is 11.6 Å². The van der Waals surface area contributed by atoms with Gasteiger partial charge in [-0.1, -0.05) is 38.1 Å². The second-order valence-corrected chi connectivity index (χ2v) is 4.89. The monoisotopic (exact) mass is 293 g/mol. The molecule has 0 radical (unpaired) electrons. The van der Waals surface area contributed by atoms with Crippen LogP contribution in [0.15, 0.2) is 36.4 Å². The Balaban J connectivity index is 2.33. The zero-order valence-electron chi connectivity index (χ0n) is 12.1. The number of halogens is 3. The molecular formula is C17H18F3N. The van der Waals surface area contributed by atoms with Gasteiger partial charge in [0, 0.05) is 17.7 Å². The molecule has 2 aromatic carbocycles. The van der Waals surface area contributed by atoms with Crippen molar-refractivity contribution in [2.45, 2.75) is 26.3 Å². The molecule has 1 N–H and O–H groups in total. The topological polar surface area (TPSA) is 12.0 Å². The van der Waals surface area contributed by atoms with Crippen LogP contribution in [-0.4, -0.2) is 6.54 Å². The maximum absolute atomic E-state index is 13.7. The fourth-order valence-electron chi connectivity index (χ4n) is 2.38. The average molecular weight is 293 g/mol. The molecule has 4 heteroatoms. The molecule has 1 nitrogen and oxygen atoms in total. The van der Waals surface area contributed by atoms with Gasteiger partial charge in [0.15, 0.2) is 11.6 Å². The molecule has 112 valence electrons. The highest BCUT2D eigenvalue weighted by Gasteiger charge is 2.12. The minimum atomic E-state index is -1.17. The van der Waals surface area contributed by atoms with Gasteiger partial charge in [-0.15, -0.1) is 0 Å². The van der Waals surface area contributed by atoms with Gasteiger partial charge >= 0.3 is 0 Å². The number of benzene rings is 2. The Bertz CT molecular complexity index is 608. The van der Waals surface area contributed by atoms with Gasteiger partial charge in [0.25, 0.3) is 0 Å². The highest BCUT2D eigenvalue weighted by molar-refractivity contribution is 5.64. The third-order valence-corrected chi connectivity index (χ3v) is 3.49. The molecule has 0 amide bonds. The lowest BCUT2D eigenvalue weighted by atomic mass is 9.99. The van der Waals surface area contributed by atoms with Crippen LogP contribution in [-0.2, 0) is 0 Å². The Morgan fingerprint density at radius 1 is 0.905 bits per heavy atom. The molecule has 2 rings (SSSR count). The molecule has 0 aliphatic carbocycles. The Morgan fingerprint density at radius 3 is 2.10 bits per heavy atom. The molecule has 0 saturated heterocycles. The first-order valence-corrected chi connectivity index (χ1v) is 7.05. The molecule has 0 aliphatic heterocycles. The first kappa shape index (κ1) is 15.6. The maximum atomic E-state index is 13.7. The minimum Gasteiger partial charge on any atom is -0.310 e. The summed E-state index contributed by atoms with van der Waals surface area (Å²) >= 11 is 0. The van der Waals surface area contributed by atoms with Gasteiger partial charge in [0.1, 0.15) is 5.82 Å². The van der Waals surface area contributed by atoms with Gasteiger partial charge < -0.3 is 5.32 Å². The second kappa shape index (κ2) is 6.76. The summed E-state index contributed by atoms with van der Waals surface area (Å²) in [6.07, 6.45) is 0.937. The lowest BCUT2D eigenvalue weighted by Gasteiger charge is -2.16. The fraction of sp³-hybridized carbons (Fsp3) is 0.294. The molecule has 2 aromatic rings. The summed E-state index contributed by atoms with van der Waals surface area (Å²) in [5.41, 5.74) is 1.68. The van der Waals surface area contributed by atoms with Crippen LogP contribution in [0.2, 0.25) is 0 Å². The van der Waals surface area contributed by atoms with Gasteiger partial charge in [0.05, 0.1) is 0 Å².